The van der Waals surface area contributed by atoms with Crippen LogP contribution in [-0.4, -0.2) is 61.1 Å². The van der Waals surface area contributed by atoms with E-state index in [1.165, 1.54) is 22.8 Å². The number of hydrogen-bond donors (Lipinski definition) is 1. The van der Waals surface area contributed by atoms with Gasteiger partial charge in [0.25, 0.3) is 0 Å². The summed E-state index contributed by atoms with van der Waals surface area (Å²) in [6.07, 6.45) is 2.84. The summed E-state index contributed by atoms with van der Waals surface area (Å²) in [5.74, 6) is -2.28. The maximum atomic E-state index is 15.7. The molecule has 5 rings (SSSR count). The molecule has 0 radical (unpaired) electrons. The Morgan fingerprint density at radius 3 is 2.64 bits per heavy atom. The minimum Gasteiger partial charge on any atom is -0.507 e. The van der Waals surface area contributed by atoms with Gasteiger partial charge in [0.15, 0.2) is 11.5 Å². The first-order valence-electron chi connectivity index (χ1n) is 12.0. The Morgan fingerprint density at radius 1 is 1.21 bits per heavy atom. The van der Waals surface area contributed by atoms with E-state index in [9.17, 15) is 19.1 Å². The Hall–Kier alpha value is -3.94. The van der Waals surface area contributed by atoms with Gasteiger partial charge in [-0.05, 0) is 72.3 Å². The van der Waals surface area contributed by atoms with Gasteiger partial charge in [0, 0.05) is 31.9 Å². The summed E-state index contributed by atoms with van der Waals surface area (Å²) in [5, 5.41) is 10.6. The molecule has 9 nitrogen and oxygen atoms in total. The van der Waals surface area contributed by atoms with Gasteiger partial charge in [-0.1, -0.05) is 12.6 Å². The first kappa shape index (κ1) is 26.7. The molecule has 0 saturated carbocycles. The molecule has 1 atom stereocenters. The lowest BCUT2D eigenvalue weighted by Gasteiger charge is -2.40. The van der Waals surface area contributed by atoms with Gasteiger partial charge < -0.3 is 14.9 Å². The van der Waals surface area contributed by atoms with Crippen molar-refractivity contribution in [2.24, 2.45) is 0 Å². The summed E-state index contributed by atoms with van der Waals surface area (Å²) in [6.45, 7) is 8.20. The van der Waals surface area contributed by atoms with E-state index < -0.39 is 34.3 Å². The fourth-order valence-electron chi connectivity index (χ4n) is 4.84. The van der Waals surface area contributed by atoms with Gasteiger partial charge in [0.1, 0.15) is 26.8 Å². The zero-order chi connectivity index (χ0) is 28.0. The van der Waals surface area contributed by atoms with Crippen LogP contribution in [0.15, 0.2) is 54.0 Å². The van der Waals surface area contributed by atoms with Gasteiger partial charge >= 0.3 is 5.69 Å². The van der Waals surface area contributed by atoms with Crippen molar-refractivity contribution in [3.05, 3.63) is 80.6 Å². The number of hydrogen-bond acceptors (Lipinski definition) is 7. The number of aromatic nitrogens is 4. The normalized spacial score (nSPS) is 15.6. The SMILES string of the molecule is C=CC(=O)N1CCN(c2nc(=O)n(-c3c(C)ccnc3I)c3nc(-c4c(O)cccc4F)c(F)cc23)[C@@H](C)C1. The van der Waals surface area contributed by atoms with Crippen molar-refractivity contribution in [3.8, 4) is 22.7 Å². The molecule has 1 aromatic carbocycles. The number of aryl methyl sites for hydroxylation is 1. The number of pyridine rings is 2. The van der Waals surface area contributed by atoms with Gasteiger partial charge in [0.05, 0.1) is 16.6 Å². The average Bonchev–Trinajstić information content (AvgIpc) is 2.89. The molecule has 1 aliphatic rings. The third-order valence-electron chi connectivity index (χ3n) is 6.72. The van der Waals surface area contributed by atoms with E-state index in [-0.39, 0.29) is 28.8 Å². The monoisotopic (exact) mass is 644 g/mol. The lowest BCUT2D eigenvalue weighted by atomic mass is 10.1. The predicted octanol–water partition coefficient (Wildman–Crippen LogP) is 3.96. The number of rotatable bonds is 4. The second-order valence-corrected chi connectivity index (χ2v) is 10.2. The van der Waals surface area contributed by atoms with Crippen molar-refractivity contribution < 1.29 is 18.7 Å². The molecule has 1 aliphatic heterocycles. The van der Waals surface area contributed by atoms with E-state index in [1.807, 2.05) is 34.4 Å². The highest BCUT2D eigenvalue weighted by Gasteiger charge is 2.30. The van der Waals surface area contributed by atoms with Crippen molar-refractivity contribution in [1.29, 1.82) is 0 Å². The zero-order valence-electron chi connectivity index (χ0n) is 21.0. The summed E-state index contributed by atoms with van der Waals surface area (Å²) < 4.78 is 32.2. The summed E-state index contributed by atoms with van der Waals surface area (Å²) in [7, 11) is 0. The Balaban J connectivity index is 1.81. The third kappa shape index (κ3) is 4.62. The molecule has 0 spiro atoms. The fourth-order valence-corrected chi connectivity index (χ4v) is 5.66. The molecule has 0 unspecified atom stereocenters. The number of benzene rings is 1. The molecular formula is C27H23F2IN6O3. The van der Waals surface area contributed by atoms with E-state index >= 15 is 4.39 Å². The first-order chi connectivity index (χ1) is 18.6. The van der Waals surface area contributed by atoms with E-state index in [1.54, 1.807) is 24.1 Å². The average molecular weight is 644 g/mol. The minimum atomic E-state index is -0.901. The summed E-state index contributed by atoms with van der Waals surface area (Å²) in [5.41, 5.74) is -0.435. The number of nitrogens with zero attached hydrogens (tertiary/aromatic N) is 6. The number of piperazine rings is 1. The van der Waals surface area contributed by atoms with Crippen LogP contribution in [0.1, 0.15) is 12.5 Å². The van der Waals surface area contributed by atoms with Crippen LogP contribution in [-0.2, 0) is 4.79 Å². The molecule has 4 heterocycles. The number of phenols is 1. The summed E-state index contributed by atoms with van der Waals surface area (Å²) >= 11 is 1.99. The highest BCUT2D eigenvalue weighted by molar-refractivity contribution is 14.1. The summed E-state index contributed by atoms with van der Waals surface area (Å²) in [4.78, 5) is 42.3. The molecule has 1 fully saturated rings. The lowest BCUT2D eigenvalue weighted by molar-refractivity contribution is -0.126. The maximum absolute atomic E-state index is 15.7. The third-order valence-corrected chi connectivity index (χ3v) is 7.51. The molecule has 4 aromatic rings. The molecule has 1 N–H and O–H groups in total. The van der Waals surface area contributed by atoms with Gasteiger partial charge in [0.2, 0.25) is 5.91 Å². The largest absolute Gasteiger partial charge is 0.507 e. The number of amides is 1. The number of phenolic OH excluding ortho intramolecular Hbond substituents is 1. The van der Waals surface area contributed by atoms with Crippen LogP contribution >= 0.6 is 22.6 Å². The molecule has 3 aromatic heterocycles. The maximum Gasteiger partial charge on any atom is 0.355 e. The second-order valence-electron chi connectivity index (χ2n) is 9.18. The Morgan fingerprint density at radius 2 is 1.97 bits per heavy atom. The number of fused-ring (bicyclic) bond motifs is 1. The van der Waals surface area contributed by atoms with E-state index in [4.69, 9.17) is 0 Å². The van der Waals surface area contributed by atoms with Gasteiger partial charge in [-0.2, -0.15) is 4.98 Å². The first-order valence-corrected chi connectivity index (χ1v) is 13.1. The molecule has 1 amide bonds. The molecule has 200 valence electrons. The lowest BCUT2D eigenvalue weighted by Crippen LogP contribution is -2.54. The predicted molar refractivity (Wildman–Crippen MR) is 151 cm³/mol. The quantitative estimate of drug-likeness (QED) is 0.204. The second kappa shape index (κ2) is 10.3. The number of anilines is 1. The molecule has 39 heavy (non-hydrogen) atoms. The van der Waals surface area contributed by atoms with Crippen LogP contribution in [0.5, 0.6) is 5.75 Å². The van der Waals surface area contributed by atoms with Crippen LogP contribution in [0.25, 0.3) is 28.0 Å². The van der Waals surface area contributed by atoms with Crippen LogP contribution in [0, 0.1) is 22.3 Å². The number of carbonyl (C=O) groups excluding carboxylic acids is 1. The van der Waals surface area contributed by atoms with Crippen molar-refractivity contribution in [3.63, 3.8) is 0 Å². The van der Waals surface area contributed by atoms with Gasteiger partial charge in [-0.15, -0.1) is 0 Å². The van der Waals surface area contributed by atoms with Crippen LogP contribution < -0.4 is 10.6 Å². The Labute approximate surface area is 235 Å². The van der Waals surface area contributed by atoms with Crippen molar-refractivity contribution in [2.45, 2.75) is 19.9 Å². The van der Waals surface area contributed by atoms with Crippen molar-refractivity contribution in [2.75, 3.05) is 24.5 Å². The number of halogens is 3. The van der Waals surface area contributed by atoms with E-state index in [0.29, 0.717) is 34.6 Å². The van der Waals surface area contributed by atoms with Gasteiger partial charge in [-0.25, -0.2) is 28.1 Å². The van der Waals surface area contributed by atoms with E-state index in [2.05, 4.69) is 21.5 Å². The molecule has 1 saturated heterocycles. The Kier molecular flexibility index (Phi) is 7.05. The highest BCUT2D eigenvalue weighted by atomic mass is 127. The minimum absolute atomic E-state index is 0.0230. The Bertz CT molecular complexity index is 1670. The molecule has 12 heteroatoms. The smallest absolute Gasteiger partial charge is 0.355 e. The van der Waals surface area contributed by atoms with Crippen LogP contribution in [0.3, 0.4) is 0 Å². The van der Waals surface area contributed by atoms with Gasteiger partial charge in [-0.3, -0.25) is 4.79 Å². The van der Waals surface area contributed by atoms with Crippen LogP contribution in [0.2, 0.25) is 0 Å². The molecule has 0 bridgehead atoms. The fraction of sp³-hybridized carbons (Fsp3) is 0.222. The highest BCUT2D eigenvalue weighted by Crippen LogP contribution is 2.36. The summed E-state index contributed by atoms with van der Waals surface area (Å²) in [6, 6.07) is 6.21. The van der Waals surface area contributed by atoms with E-state index in [0.717, 1.165) is 12.1 Å². The van der Waals surface area contributed by atoms with Crippen LogP contribution in [0.4, 0.5) is 14.6 Å². The number of aromatic hydroxyl groups is 1. The standard InChI is InChI=1S/C27H23F2IN6O3/c1-4-20(38)34-10-11-35(15(3)13-34)25-16-12-18(29)22(21-17(28)6-5-7-19(21)37)32-26(16)36(27(39)33-25)23-14(2)8-9-31-24(23)30/h4-9,12,15,37H,1,10-11,13H2,2-3H3/t15-/m0/s1. The topological polar surface area (TPSA) is 104 Å². The van der Waals surface area contributed by atoms with Crippen molar-refractivity contribution >= 4 is 45.3 Å². The number of carbonyl (C=O) groups is 1. The zero-order valence-corrected chi connectivity index (χ0v) is 23.2. The molecule has 0 aliphatic carbocycles. The van der Waals surface area contributed by atoms with Crippen molar-refractivity contribution in [1.82, 2.24) is 24.4 Å². The molecular weight excluding hydrogens is 621 g/mol.